The van der Waals surface area contributed by atoms with E-state index in [-0.39, 0.29) is 0 Å². The van der Waals surface area contributed by atoms with Gasteiger partial charge in [0.1, 0.15) is 0 Å². The average Bonchev–Trinajstić information content (AvgIpc) is 2.62. The third-order valence-corrected chi connectivity index (χ3v) is 2.90. The molecule has 1 aromatic carbocycles. The third-order valence-electron chi connectivity index (χ3n) is 1.65. The van der Waals surface area contributed by atoms with Crippen molar-refractivity contribution in [2.75, 3.05) is 5.73 Å². The third kappa shape index (κ3) is 2.02. The molecule has 0 saturated heterocycles. The molecule has 3 nitrogen and oxygen atoms in total. The lowest BCUT2D eigenvalue weighted by Gasteiger charge is -2.02. The fourth-order valence-corrected chi connectivity index (χ4v) is 1.97. The van der Waals surface area contributed by atoms with Crippen molar-refractivity contribution in [1.29, 1.82) is 0 Å². The van der Waals surface area contributed by atoms with Crippen molar-refractivity contribution in [3.8, 4) is 0 Å². The van der Waals surface area contributed by atoms with Crippen LogP contribution in [0.3, 0.4) is 0 Å². The van der Waals surface area contributed by atoms with Gasteiger partial charge in [-0.05, 0) is 30.0 Å². The van der Waals surface area contributed by atoms with E-state index in [0.717, 1.165) is 10.1 Å². The number of rotatable bonds is 2. The predicted octanol–water partition coefficient (Wildman–Crippen LogP) is 2.80. The summed E-state index contributed by atoms with van der Waals surface area (Å²) in [7, 11) is 0. The minimum Gasteiger partial charge on any atom is -0.398 e. The van der Waals surface area contributed by atoms with Gasteiger partial charge in [-0.25, -0.2) is 4.98 Å². The first-order chi connectivity index (χ1) is 6.75. The number of nitrogens with one attached hydrogen (secondary N) is 1. The highest BCUT2D eigenvalue weighted by molar-refractivity contribution is 7.99. The highest BCUT2D eigenvalue weighted by Gasteiger charge is 2.03. The Morgan fingerprint density at radius 2 is 2.29 bits per heavy atom. The SMILES string of the molecule is Nc1cc(Cl)ccc1Sc1ncc[nH]1. The van der Waals surface area contributed by atoms with Crippen LogP contribution in [0.5, 0.6) is 0 Å². The minimum absolute atomic E-state index is 0.645. The lowest BCUT2D eigenvalue weighted by molar-refractivity contribution is 1.06. The normalized spacial score (nSPS) is 10.4. The van der Waals surface area contributed by atoms with Gasteiger partial charge in [0, 0.05) is 28.0 Å². The number of imidazole rings is 1. The zero-order chi connectivity index (χ0) is 9.97. The second-order valence-corrected chi connectivity index (χ2v) is 4.15. The van der Waals surface area contributed by atoms with Crippen LogP contribution in [0.1, 0.15) is 0 Å². The van der Waals surface area contributed by atoms with Crippen LogP contribution >= 0.6 is 23.4 Å². The largest absolute Gasteiger partial charge is 0.398 e. The van der Waals surface area contributed by atoms with Crippen LogP contribution < -0.4 is 5.73 Å². The van der Waals surface area contributed by atoms with Crippen LogP contribution in [0, 0.1) is 0 Å². The van der Waals surface area contributed by atoms with Gasteiger partial charge in [-0.15, -0.1) is 0 Å². The summed E-state index contributed by atoms with van der Waals surface area (Å²) in [6.07, 6.45) is 3.48. The molecule has 1 aromatic heterocycles. The summed E-state index contributed by atoms with van der Waals surface area (Å²) in [6.45, 7) is 0. The maximum absolute atomic E-state index is 5.79. The molecule has 0 atom stereocenters. The summed E-state index contributed by atoms with van der Waals surface area (Å²) in [4.78, 5) is 8.03. The van der Waals surface area contributed by atoms with Crippen molar-refractivity contribution in [2.45, 2.75) is 10.1 Å². The van der Waals surface area contributed by atoms with Crippen molar-refractivity contribution in [2.24, 2.45) is 0 Å². The molecule has 5 heteroatoms. The average molecular weight is 226 g/mol. The number of aromatic amines is 1. The van der Waals surface area contributed by atoms with Crippen LogP contribution in [0.25, 0.3) is 0 Å². The highest BCUT2D eigenvalue weighted by atomic mass is 35.5. The molecule has 0 unspecified atom stereocenters. The number of H-pyrrole nitrogens is 1. The molecule has 3 N–H and O–H groups in total. The Morgan fingerprint density at radius 1 is 1.43 bits per heavy atom. The number of aromatic nitrogens is 2. The molecule has 72 valence electrons. The standard InChI is InChI=1S/C9H8ClN3S/c10-6-1-2-8(7(11)5-6)14-9-12-3-4-13-9/h1-5H,11H2,(H,12,13). The van der Waals surface area contributed by atoms with Gasteiger partial charge in [0.15, 0.2) is 5.16 Å². The number of benzene rings is 1. The second-order valence-electron chi connectivity index (χ2n) is 2.68. The number of nitrogen functional groups attached to an aromatic ring is 1. The van der Waals surface area contributed by atoms with Crippen molar-refractivity contribution in [1.82, 2.24) is 9.97 Å². The molecule has 0 fully saturated rings. The Labute approximate surface area is 90.7 Å². The fourth-order valence-electron chi connectivity index (χ4n) is 1.02. The van der Waals surface area contributed by atoms with Gasteiger partial charge in [0.2, 0.25) is 0 Å². The van der Waals surface area contributed by atoms with Crippen LogP contribution in [0.4, 0.5) is 5.69 Å². The van der Waals surface area contributed by atoms with E-state index in [2.05, 4.69) is 9.97 Å². The van der Waals surface area contributed by atoms with Crippen LogP contribution in [0.2, 0.25) is 5.02 Å². The van der Waals surface area contributed by atoms with Crippen LogP contribution in [-0.2, 0) is 0 Å². The quantitative estimate of drug-likeness (QED) is 0.773. The van der Waals surface area contributed by atoms with Gasteiger partial charge < -0.3 is 10.7 Å². The summed E-state index contributed by atoms with van der Waals surface area (Å²) in [5.41, 5.74) is 6.46. The number of nitrogens with two attached hydrogens (primary N) is 1. The summed E-state index contributed by atoms with van der Waals surface area (Å²) in [5, 5.41) is 1.46. The zero-order valence-electron chi connectivity index (χ0n) is 7.20. The van der Waals surface area contributed by atoms with Gasteiger partial charge >= 0.3 is 0 Å². The van der Waals surface area contributed by atoms with E-state index in [4.69, 9.17) is 17.3 Å². The zero-order valence-corrected chi connectivity index (χ0v) is 8.77. The lowest BCUT2D eigenvalue weighted by Crippen LogP contribution is -1.88. The molecule has 0 spiro atoms. The predicted molar refractivity (Wildman–Crippen MR) is 58.6 cm³/mol. The molecular weight excluding hydrogens is 218 g/mol. The molecule has 1 heterocycles. The molecule has 14 heavy (non-hydrogen) atoms. The number of halogens is 1. The van der Waals surface area contributed by atoms with Crippen LogP contribution in [0.15, 0.2) is 40.6 Å². The van der Waals surface area contributed by atoms with Gasteiger partial charge in [-0.3, -0.25) is 0 Å². The summed E-state index contributed by atoms with van der Waals surface area (Å²) < 4.78 is 0. The first-order valence-electron chi connectivity index (χ1n) is 3.98. The summed E-state index contributed by atoms with van der Waals surface area (Å²) in [6, 6.07) is 5.42. The first kappa shape index (κ1) is 9.43. The molecule has 2 rings (SSSR count). The van der Waals surface area contributed by atoms with E-state index in [0.29, 0.717) is 10.7 Å². The Balaban J connectivity index is 2.25. The monoisotopic (exact) mass is 225 g/mol. The topological polar surface area (TPSA) is 54.7 Å². The molecule has 0 aliphatic rings. The van der Waals surface area contributed by atoms with Crippen molar-refractivity contribution < 1.29 is 0 Å². The van der Waals surface area contributed by atoms with Crippen molar-refractivity contribution >= 4 is 29.1 Å². The number of hydrogen-bond acceptors (Lipinski definition) is 3. The van der Waals surface area contributed by atoms with Crippen molar-refractivity contribution in [3.05, 3.63) is 35.6 Å². The second kappa shape index (κ2) is 3.94. The molecule has 0 saturated carbocycles. The van der Waals surface area contributed by atoms with Gasteiger partial charge in [0.05, 0.1) is 0 Å². The Hall–Kier alpha value is -1.13. The Morgan fingerprint density at radius 3 is 2.93 bits per heavy atom. The van der Waals surface area contributed by atoms with Crippen molar-refractivity contribution in [3.63, 3.8) is 0 Å². The summed E-state index contributed by atoms with van der Waals surface area (Å²) in [5.74, 6) is 0. The molecule has 0 bridgehead atoms. The Kier molecular flexibility index (Phi) is 2.65. The maximum Gasteiger partial charge on any atom is 0.170 e. The molecule has 0 aliphatic heterocycles. The van der Waals surface area contributed by atoms with E-state index in [1.54, 1.807) is 18.5 Å². The highest BCUT2D eigenvalue weighted by Crippen LogP contribution is 2.31. The van der Waals surface area contributed by atoms with Gasteiger partial charge in [-0.1, -0.05) is 11.6 Å². The fraction of sp³-hybridized carbons (Fsp3) is 0. The molecule has 0 aliphatic carbocycles. The van der Waals surface area contributed by atoms with Crippen LogP contribution in [-0.4, -0.2) is 9.97 Å². The van der Waals surface area contributed by atoms with E-state index in [9.17, 15) is 0 Å². The van der Waals surface area contributed by atoms with E-state index in [1.807, 2.05) is 12.1 Å². The maximum atomic E-state index is 5.79. The van der Waals surface area contributed by atoms with E-state index in [1.165, 1.54) is 11.8 Å². The first-order valence-corrected chi connectivity index (χ1v) is 5.17. The number of anilines is 1. The molecule has 2 aromatic rings. The van der Waals surface area contributed by atoms with E-state index >= 15 is 0 Å². The number of nitrogens with zero attached hydrogens (tertiary/aromatic N) is 1. The molecule has 0 amide bonds. The summed E-state index contributed by atoms with van der Waals surface area (Å²) >= 11 is 7.27. The van der Waals surface area contributed by atoms with Gasteiger partial charge in [0.25, 0.3) is 0 Å². The molecule has 0 radical (unpaired) electrons. The minimum atomic E-state index is 0.645. The Bertz CT molecular complexity index is 428. The number of hydrogen-bond donors (Lipinski definition) is 2. The lowest BCUT2D eigenvalue weighted by atomic mass is 10.3. The smallest absolute Gasteiger partial charge is 0.170 e. The van der Waals surface area contributed by atoms with E-state index < -0.39 is 0 Å². The molecular formula is C9H8ClN3S. The van der Waals surface area contributed by atoms with Gasteiger partial charge in [-0.2, -0.15) is 0 Å².